The number of esters is 1. The second kappa shape index (κ2) is 7.06. The third-order valence-corrected chi connectivity index (χ3v) is 4.55. The quantitative estimate of drug-likeness (QED) is 0.763. The molecule has 4 nitrogen and oxygen atoms in total. The Labute approximate surface area is 136 Å². The van der Waals surface area contributed by atoms with E-state index in [1.807, 2.05) is 0 Å². The molecule has 0 bridgehead atoms. The van der Waals surface area contributed by atoms with E-state index in [0.29, 0.717) is 10.6 Å². The standard InChI is InChI=1S/C15H11ClF2O4S/c16-12-3-1-2-10(8-12)9-22-14(19)11-4-6-13(7-5-11)23(20,21)15(17)18/h1-8,15H,9H2. The summed E-state index contributed by atoms with van der Waals surface area (Å²) in [6, 6.07) is 10.9. The summed E-state index contributed by atoms with van der Waals surface area (Å²) in [5.74, 6) is -4.21. The monoisotopic (exact) mass is 360 g/mol. The number of rotatable bonds is 5. The van der Waals surface area contributed by atoms with Crippen LogP contribution in [0.4, 0.5) is 8.78 Å². The van der Waals surface area contributed by atoms with Gasteiger partial charge in [-0.3, -0.25) is 0 Å². The van der Waals surface area contributed by atoms with Gasteiger partial charge >= 0.3 is 11.7 Å². The molecule has 2 aromatic carbocycles. The van der Waals surface area contributed by atoms with E-state index in [-0.39, 0.29) is 12.2 Å². The molecule has 0 atom stereocenters. The van der Waals surface area contributed by atoms with Gasteiger partial charge in [-0.25, -0.2) is 13.2 Å². The van der Waals surface area contributed by atoms with Gasteiger partial charge in [0.25, 0.3) is 0 Å². The van der Waals surface area contributed by atoms with Crippen molar-refractivity contribution in [1.29, 1.82) is 0 Å². The van der Waals surface area contributed by atoms with Gasteiger partial charge < -0.3 is 4.74 Å². The fraction of sp³-hybridized carbons (Fsp3) is 0.133. The number of benzene rings is 2. The van der Waals surface area contributed by atoms with Gasteiger partial charge in [-0.05, 0) is 42.0 Å². The molecule has 0 aliphatic carbocycles. The van der Waals surface area contributed by atoms with Crippen LogP contribution in [0.5, 0.6) is 0 Å². The zero-order chi connectivity index (χ0) is 17.0. The van der Waals surface area contributed by atoms with Crippen LogP contribution in [0, 0.1) is 0 Å². The highest BCUT2D eigenvalue weighted by molar-refractivity contribution is 7.91. The maximum absolute atomic E-state index is 12.4. The second-order valence-electron chi connectivity index (χ2n) is 4.54. The maximum Gasteiger partial charge on any atom is 0.341 e. The van der Waals surface area contributed by atoms with Crippen LogP contribution in [0.2, 0.25) is 5.02 Å². The van der Waals surface area contributed by atoms with Crippen molar-refractivity contribution in [2.75, 3.05) is 0 Å². The molecule has 0 aliphatic heterocycles. The van der Waals surface area contributed by atoms with Crippen molar-refractivity contribution in [3.8, 4) is 0 Å². The van der Waals surface area contributed by atoms with Gasteiger partial charge in [0.05, 0.1) is 10.5 Å². The van der Waals surface area contributed by atoms with Crippen LogP contribution >= 0.6 is 11.6 Å². The van der Waals surface area contributed by atoms with Crippen LogP contribution in [-0.2, 0) is 21.2 Å². The molecule has 2 aromatic rings. The first-order valence-corrected chi connectivity index (χ1v) is 8.27. The lowest BCUT2D eigenvalue weighted by Gasteiger charge is -2.07. The first-order valence-electron chi connectivity index (χ1n) is 6.34. The number of ether oxygens (including phenoxy) is 1. The van der Waals surface area contributed by atoms with Gasteiger partial charge in [0.1, 0.15) is 6.61 Å². The topological polar surface area (TPSA) is 60.4 Å². The minimum Gasteiger partial charge on any atom is -0.457 e. The van der Waals surface area contributed by atoms with Gasteiger partial charge in [-0.15, -0.1) is 0 Å². The number of hydrogen-bond donors (Lipinski definition) is 0. The molecule has 23 heavy (non-hydrogen) atoms. The van der Waals surface area contributed by atoms with Crippen molar-refractivity contribution in [2.45, 2.75) is 17.3 Å². The fourth-order valence-electron chi connectivity index (χ4n) is 1.74. The summed E-state index contributed by atoms with van der Waals surface area (Å²) in [5, 5.41) is 0.500. The van der Waals surface area contributed by atoms with E-state index in [1.54, 1.807) is 24.3 Å². The zero-order valence-electron chi connectivity index (χ0n) is 11.6. The Morgan fingerprint density at radius 1 is 1.13 bits per heavy atom. The molecule has 0 heterocycles. The summed E-state index contributed by atoms with van der Waals surface area (Å²) in [6.07, 6.45) is 0. The molecule has 0 amide bonds. The Balaban J connectivity index is 2.06. The van der Waals surface area contributed by atoms with E-state index < -0.39 is 26.5 Å². The molecule has 0 aromatic heterocycles. The average molecular weight is 361 g/mol. The van der Waals surface area contributed by atoms with Gasteiger partial charge in [-0.1, -0.05) is 23.7 Å². The first kappa shape index (κ1) is 17.4. The number of halogens is 3. The van der Waals surface area contributed by atoms with Gasteiger partial charge in [0, 0.05) is 5.02 Å². The highest BCUT2D eigenvalue weighted by atomic mass is 35.5. The van der Waals surface area contributed by atoms with Crippen molar-refractivity contribution in [1.82, 2.24) is 0 Å². The molecule has 8 heteroatoms. The molecular weight excluding hydrogens is 350 g/mol. The smallest absolute Gasteiger partial charge is 0.341 e. The molecular formula is C15H11ClF2O4S. The average Bonchev–Trinajstić information content (AvgIpc) is 2.52. The van der Waals surface area contributed by atoms with Crippen LogP contribution < -0.4 is 0 Å². The van der Waals surface area contributed by atoms with Crippen molar-refractivity contribution in [3.63, 3.8) is 0 Å². The summed E-state index contributed by atoms with van der Waals surface area (Å²) in [4.78, 5) is 11.3. The molecule has 0 aliphatic rings. The van der Waals surface area contributed by atoms with Crippen molar-refractivity contribution in [3.05, 3.63) is 64.7 Å². The Hall–Kier alpha value is -1.99. The molecule has 0 N–H and O–H groups in total. The van der Waals surface area contributed by atoms with Crippen molar-refractivity contribution >= 4 is 27.4 Å². The van der Waals surface area contributed by atoms with Gasteiger partial charge in [0.15, 0.2) is 0 Å². The maximum atomic E-state index is 12.4. The third kappa shape index (κ3) is 4.27. The Kier molecular flexibility index (Phi) is 5.33. The number of carbonyl (C=O) groups excluding carboxylic acids is 1. The van der Waals surface area contributed by atoms with Crippen LogP contribution in [0.3, 0.4) is 0 Å². The van der Waals surface area contributed by atoms with Crippen LogP contribution in [-0.4, -0.2) is 20.1 Å². The van der Waals surface area contributed by atoms with E-state index >= 15 is 0 Å². The highest BCUT2D eigenvalue weighted by Gasteiger charge is 2.26. The molecule has 0 saturated carbocycles. The van der Waals surface area contributed by atoms with Crippen LogP contribution in [0.25, 0.3) is 0 Å². The summed E-state index contributed by atoms with van der Waals surface area (Å²) in [5.41, 5.74) is 0.739. The summed E-state index contributed by atoms with van der Waals surface area (Å²) in [7, 11) is -4.68. The lowest BCUT2D eigenvalue weighted by molar-refractivity contribution is 0.0472. The fourth-order valence-corrected chi connectivity index (χ4v) is 2.68. The Morgan fingerprint density at radius 3 is 2.35 bits per heavy atom. The molecule has 122 valence electrons. The molecule has 0 fully saturated rings. The molecule has 0 radical (unpaired) electrons. The second-order valence-corrected chi connectivity index (χ2v) is 6.89. The normalized spacial score (nSPS) is 11.5. The van der Waals surface area contributed by atoms with Crippen LogP contribution in [0.15, 0.2) is 53.4 Å². The lowest BCUT2D eigenvalue weighted by atomic mass is 10.2. The molecule has 2 rings (SSSR count). The molecule has 0 saturated heterocycles. The predicted molar refractivity (Wildman–Crippen MR) is 80.2 cm³/mol. The minimum absolute atomic E-state index is 0.0174. The van der Waals surface area contributed by atoms with Gasteiger partial charge in [0.2, 0.25) is 9.84 Å². The van der Waals surface area contributed by atoms with Crippen LogP contribution in [0.1, 0.15) is 15.9 Å². The summed E-state index contributed by atoms with van der Waals surface area (Å²) in [6.45, 7) is -0.0174. The SMILES string of the molecule is O=C(OCc1cccc(Cl)c1)c1ccc(S(=O)(=O)C(F)F)cc1. The molecule has 0 spiro atoms. The van der Waals surface area contributed by atoms with E-state index in [1.165, 1.54) is 0 Å². The van der Waals surface area contributed by atoms with E-state index in [9.17, 15) is 22.0 Å². The zero-order valence-corrected chi connectivity index (χ0v) is 13.2. The summed E-state index contributed by atoms with van der Waals surface area (Å²) >= 11 is 5.80. The van der Waals surface area contributed by atoms with Gasteiger partial charge in [-0.2, -0.15) is 8.78 Å². The third-order valence-electron chi connectivity index (χ3n) is 2.91. The van der Waals surface area contributed by atoms with E-state index in [4.69, 9.17) is 16.3 Å². The predicted octanol–water partition coefficient (Wildman–Crippen LogP) is 3.69. The minimum atomic E-state index is -4.68. The van der Waals surface area contributed by atoms with Crippen molar-refractivity contribution in [2.24, 2.45) is 0 Å². The van der Waals surface area contributed by atoms with E-state index in [2.05, 4.69) is 0 Å². The van der Waals surface area contributed by atoms with E-state index in [0.717, 1.165) is 24.3 Å². The molecule has 0 unspecified atom stereocenters. The largest absolute Gasteiger partial charge is 0.457 e. The summed E-state index contributed by atoms with van der Waals surface area (Å²) < 4.78 is 52.4. The number of carbonyl (C=O) groups is 1. The van der Waals surface area contributed by atoms with Crippen molar-refractivity contribution < 1.29 is 26.7 Å². The highest BCUT2D eigenvalue weighted by Crippen LogP contribution is 2.19. The Morgan fingerprint density at radius 2 is 1.78 bits per heavy atom. The number of sulfone groups is 1. The first-order chi connectivity index (χ1) is 10.8. The number of hydrogen-bond acceptors (Lipinski definition) is 4. The Bertz CT molecular complexity index is 804. The lowest BCUT2D eigenvalue weighted by Crippen LogP contribution is -2.12. The number of alkyl halides is 2.